The van der Waals surface area contributed by atoms with Crippen molar-refractivity contribution in [3.05, 3.63) is 48.3 Å². The molecule has 2 atom stereocenters. The molecule has 0 fully saturated rings. The van der Waals surface area contributed by atoms with E-state index in [1.54, 1.807) is 10.9 Å². The Morgan fingerprint density at radius 3 is 2.43 bits per heavy atom. The quantitative estimate of drug-likeness (QED) is 0.917. The van der Waals surface area contributed by atoms with Crippen molar-refractivity contribution < 1.29 is 9.84 Å². The fourth-order valence-corrected chi connectivity index (χ4v) is 2.47. The van der Waals surface area contributed by atoms with E-state index in [9.17, 15) is 5.11 Å². The molecule has 0 amide bonds. The number of rotatable bonds is 5. The standard InChI is InChI=1S/C17H24N2O2/c1-5-21-16(17(2,3)4)15(20)14-11-12-18-19(14)13-9-7-6-8-10-13/h6-12,15-16,20H,5H2,1-4H3. The molecule has 2 unspecified atom stereocenters. The molecule has 0 spiro atoms. The van der Waals surface area contributed by atoms with Gasteiger partial charge in [0.25, 0.3) is 0 Å². The number of aliphatic hydroxyl groups is 1. The molecule has 0 aliphatic rings. The molecule has 2 rings (SSSR count). The third-order valence-corrected chi connectivity index (χ3v) is 3.46. The van der Waals surface area contributed by atoms with E-state index in [4.69, 9.17) is 4.74 Å². The lowest BCUT2D eigenvalue weighted by Crippen LogP contribution is -2.36. The van der Waals surface area contributed by atoms with E-state index >= 15 is 0 Å². The highest BCUT2D eigenvalue weighted by Crippen LogP contribution is 2.33. The lowest BCUT2D eigenvalue weighted by Gasteiger charge is -2.34. The fraction of sp³-hybridized carbons (Fsp3) is 0.471. The van der Waals surface area contributed by atoms with Crippen LogP contribution < -0.4 is 0 Å². The summed E-state index contributed by atoms with van der Waals surface area (Å²) >= 11 is 0. The maximum atomic E-state index is 10.8. The number of aromatic nitrogens is 2. The molecule has 0 aliphatic carbocycles. The Kier molecular flexibility index (Phi) is 4.80. The summed E-state index contributed by atoms with van der Waals surface area (Å²) < 4.78 is 7.56. The van der Waals surface area contributed by atoms with Gasteiger partial charge in [0.15, 0.2) is 0 Å². The number of nitrogens with zero attached hydrogens (tertiary/aromatic N) is 2. The van der Waals surface area contributed by atoms with Crippen LogP contribution in [0.4, 0.5) is 0 Å². The molecular weight excluding hydrogens is 264 g/mol. The zero-order valence-corrected chi connectivity index (χ0v) is 13.2. The number of hydrogen-bond donors (Lipinski definition) is 1. The van der Waals surface area contributed by atoms with Crippen molar-refractivity contribution in [3.8, 4) is 5.69 Å². The van der Waals surface area contributed by atoms with Crippen LogP contribution in [0.5, 0.6) is 0 Å². The molecule has 1 heterocycles. The Morgan fingerprint density at radius 1 is 1.19 bits per heavy atom. The molecule has 1 N–H and O–H groups in total. The SMILES string of the molecule is CCOC(C(O)c1ccnn1-c1ccccc1)C(C)(C)C. The fourth-order valence-electron chi connectivity index (χ4n) is 2.47. The average molecular weight is 288 g/mol. The van der Waals surface area contributed by atoms with Crippen molar-refractivity contribution in [2.24, 2.45) is 5.41 Å². The predicted octanol–water partition coefficient (Wildman–Crippen LogP) is 3.36. The van der Waals surface area contributed by atoms with Gasteiger partial charge in [-0.25, -0.2) is 4.68 Å². The molecule has 1 aromatic carbocycles. The van der Waals surface area contributed by atoms with Crippen molar-refractivity contribution in [2.45, 2.75) is 39.9 Å². The Labute approximate surface area is 126 Å². The summed E-state index contributed by atoms with van der Waals surface area (Å²) in [5, 5.41) is 15.1. The molecule has 0 bridgehead atoms. The molecule has 114 valence electrons. The first kappa shape index (κ1) is 15.7. The molecule has 1 aromatic heterocycles. The molecular formula is C17H24N2O2. The number of hydrogen-bond acceptors (Lipinski definition) is 3. The molecule has 0 saturated carbocycles. The Balaban J connectivity index is 2.36. The molecule has 21 heavy (non-hydrogen) atoms. The summed E-state index contributed by atoms with van der Waals surface area (Å²) in [6.45, 7) is 8.72. The van der Waals surface area contributed by atoms with Gasteiger partial charge in [0.1, 0.15) is 6.10 Å². The molecule has 0 saturated heterocycles. The van der Waals surface area contributed by atoms with E-state index in [0.717, 1.165) is 11.4 Å². The number of ether oxygens (including phenoxy) is 1. The Bertz CT molecular complexity index is 558. The number of benzene rings is 1. The summed E-state index contributed by atoms with van der Waals surface area (Å²) in [6.07, 6.45) is 0.686. The maximum Gasteiger partial charge on any atom is 0.123 e. The minimum Gasteiger partial charge on any atom is -0.384 e. The van der Waals surface area contributed by atoms with Crippen molar-refractivity contribution >= 4 is 0 Å². The predicted molar refractivity (Wildman–Crippen MR) is 83.4 cm³/mol. The normalized spacial score (nSPS) is 14.9. The maximum absolute atomic E-state index is 10.8. The van der Waals surface area contributed by atoms with Gasteiger partial charge in [-0.2, -0.15) is 5.10 Å². The van der Waals surface area contributed by atoms with Crippen LogP contribution in [0.2, 0.25) is 0 Å². The molecule has 0 aliphatic heterocycles. The van der Waals surface area contributed by atoms with Gasteiger partial charge in [-0.1, -0.05) is 39.0 Å². The Hall–Kier alpha value is -1.65. The van der Waals surface area contributed by atoms with Crippen LogP contribution in [0.3, 0.4) is 0 Å². The van der Waals surface area contributed by atoms with E-state index in [1.807, 2.05) is 43.3 Å². The highest BCUT2D eigenvalue weighted by atomic mass is 16.5. The van der Waals surface area contributed by atoms with Gasteiger partial charge in [-0.15, -0.1) is 0 Å². The highest BCUT2D eigenvalue weighted by molar-refractivity contribution is 5.33. The molecule has 2 aromatic rings. The van der Waals surface area contributed by atoms with Crippen LogP contribution in [0.15, 0.2) is 42.6 Å². The topological polar surface area (TPSA) is 47.3 Å². The van der Waals surface area contributed by atoms with Gasteiger partial charge in [-0.3, -0.25) is 0 Å². The van der Waals surface area contributed by atoms with E-state index in [-0.39, 0.29) is 11.5 Å². The second-order valence-corrected chi connectivity index (χ2v) is 6.19. The van der Waals surface area contributed by atoms with Crippen molar-refractivity contribution in [1.82, 2.24) is 9.78 Å². The summed E-state index contributed by atoms with van der Waals surface area (Å²) in [4.78, 5) is 0. The van der Waals surface area contributed by atoms with Crippen molar-refractivity contribution in [2.75, 3.05) is 6.61 Å². The van der Waals surface area contributed by atoms with Crippen LogP contribution >= 0.6 is 0 Å². The summed E-state index contributed by atoms with van der Waals surface area (Å²) in [5.41, 5.74) is 1.51. The van der Waals surface area contributed by atoms with Crippen LogP contribution in [-0.2, 0) is 4.74 Å². The summed E-state index contributed by atoms with van der Waals surface area (Å²) in [6, 6.07) is 11.6. The van der Waals surface area contributed by atoms with Gasteiger partial charge in [0.05, 0.1) is 17.5 Å². The van der Waals surface area contributed by atoms with Crippen LogP contribution in [0, 0.1) is 5.41 Å². The smallest absolute Gasteiger partial charge is 0.123 e. The second-order valence-electron chi connectivity index (χ2n) is 6.19. The van der Waals surface area contributed by atoms with Crippen LogP contribution in [0.1, 0.15) is 39.5 Å². The minimum absolute atomic E-state index is 0.165. The van der Waals surface area contributed by atoms with Gasteiger partial charge in [0, 0.05) is 12.8 Å². The number of aliphatic hydroxyl groups excluding tert-OH is 1. The zero-order chi connectivity index (χ0) is 15.5. The van der Waals surface area contributed by atoms with E-state index < -0.39 is 6.10 Å². The first-order chi connectivity index (χ1) is 9.95. The summed E-state index contributed by atoms with van der Waals surface area (Å²) in [7, 11) is 0. The average Bonchev–Trinajstić information content (AvgIpc) is 2.93. The first-order valence-electron chi connectivity index (χ1n) is 7.34. The minimum atomic E-state index is -0.729. The monoisotopic (exact) mass is 288 g/mol. The summed E-state index contributed by atoms with van der Waals surface area (Å²) in [5.74, 6) is 0. The first-order valence-corrected chi connectivity index (χ1v) is 7.34. The Morgan fingerprint density at radius 2 is 1.86 bits per heavy atom. The third kappa shape index (κ3) is 3.52. The molecule has 0 radical (unpaired) electrons. The van der Waals surface area contributed by atoms with Gasteiger partial charge >= 0.3 is 0 Å². The zero-order valence-electron chi connectivity index (χ0n) is 13.2. The third-order valence-electron chi connectivity index (χ3n) is 3.46. The highest BCUT2D eigenvalue weighted by Gasteiger charge is 2.34. The van der Waals surface area contributed by atoms with Gasteiger partial charge in [-0.05, 0) is 30.5 Å². The van der Waals surface area contributed by atoms with Gasteiger partial charge in [0.2, 0.25) is 0 Å². The van der Waals surface area contributed by atoms with Gasteiger partial charge < -0.3 is 9.84 Å². The van der Waals surface area contributed by atoms with E-state index in [1.165, 1.54) is 0 Å². The van der Waals surface area contributed by atoms with Crippen LogP contribution in [-0.4, -0.2) is 27.6 Å². The lowest BCUT2D eigenvalue weighted by molar-refractivity contribution is -0.0919. The number of para-hydroxylation sites is 1. The lowest BCUT2D eigenvalue weighted by atomic mass is 9.84. The van der Waals surface area contributed by atoms with Crippen molar-refractivity contribution in [1.29, 1.82) is 0 Å². The van der Waals surface area contributed by atoms with E-state index in [2.05, 4.69) is 25.9 Å². The molecule has 4 heteroatoms. The second kappa shape index (κ2) is 6.41. The largest absolute Gasteiger partial charge is 0.384 e. The molecule has 4 nitrogen and oxygen atoms in total. The van der Waals surface area contributed by atoms with Crippen molar-refractivity contribution in [3.63, 3.8) is 0 Å². The van der Waals surface area contributed by atoms with E-state index in [0.29, 0.717) is 6.61 Å². The van der Waals surface area contributed by atoms with Crippen LogP contribution in [0.25, 0.3) is 5.69 Å².